The number of hydrogen-bond acceptors (Lipinski definition) is 2. The maximum absolute atomic E-state index is 12.2. The summed E-state index contributed by atoms with van der Waals surface area (Å²) in [6, 6.07) is -1.20. The molecule has 0 aromatic rings. The number of hydrogen-bond donors (Lipinski definition) is 3. The van der Waals surface area contributed by atoms with Crippen LogP contribution in [0.15, 0.2) is 0 Å². The predicted octanol–water partition coefficient (Wildman–Crippen LogP) is 1.13. The number of primary amides is 1. The summed E-state index contributed by atoms with van der Waals surface area (Å²) in [4.78, 5) is 23.0. The van der Waals surface area contributed by atoms with Crippen LogP contribution in [-0.4, -0.2) is 23.5 Å². The smallest absolute Gasteiger partial charge is 0.312 e. The van der Waals surface area contributed by atoms with Crippen molar-refractivity contribution in [3.63, 3.8) is 0 Å². The van der Waals surface area contributed by atoms with Crippen LogP contribution in [0.4, 0.5) is 4.79 Å². The van der Waals surface area contributed by atoms with Gasteiger partial charge in [-0.2, -0.15) is 0 Å². The van der Waals surface area contributed by atoms with E-state index in [0.717, 1.165) is 37.0 Å². The van der Waals surface area contributed by atoms with Crippen molar-refractivity contribution in [1.29, 1.82) is 0 Å². The molecule has 4 bridgehead atoms. The van der Waals surface area contributed by atoms with Crippen molar-refractivity contribution in [3.05, 3.63) is 0 Å². The zero-order valence-corrected chi connectivity index (χ0v) is 11.4. The van der Waals surface area contributed by atoms with E-state index < -0.39 is 12.1 Å². The summed E-state index contributed by atoms with van der Waals surface area (Å²) in [7, 11) is 0. The Kier molecular flexibility index (Phi) is 2.95. The molecule has 5 nitrogen and oxygen atoms in total. The van der Waals surface area contributed by atoms with E-state index in [0.29, 0.717) is 0 Å². The molecule has 0 aromatic carbocycles. The summed E-state index contributed by atoms with van der Waals surface area (Å²) < 4.78 is 0. The molecule has 1 atom stereocenters. The highest BCUT2D eigenvalue weighted by atomic mass is 16.2. The Morgan fingerprint density at radius 2 is 1.58 bits per heavy atom. The Hall–Kier alpha value is -1.26. The van der Waals surface area contributed by atoms with Gasteiger partial charge < -0.3 is 16.4 Å². The van der Waals surface area contributed by atoms with Crippen LogP contribution in [0.1, 0.15) is 45.4 Å². The third-order valence-corrected chi connectivity index (χ3v) is 5.18. The first-order chi connectivity index (χ1) is 8.96. The van der Waals surface area contributed by atoms with Crippen LogP contribution in [0.25, 0.3) is 0 Å². The monoisotopic (exact) mass is 265 g/mol. The third kappa shape index (κ3) is 2.42. The molecule has 0 spiro atoms. The van der Waals surface area contributed by atoms with Gasteiger partial charge in [-0.3, -0.25) is 4.79 Å². The largest absolute Gasteiger partial charge is 0.352 e. The fourth-order valence-electron chi connectivity index (χ4n) is 4.91. The fourth-order valence-corrected chi connectivity index (χ4v) is 4.91. The summed E-state index contributed by atoms with van der Waals surface area (Å²) in [6.45, 7) is 1.68. The molecule has 19 heavy (non-hydrogen) atoms. The van der Waals surface area contributed by atoms with Crippen LogP contribution >= 0.6 is 0 Å². The topological polar surface area (TPSA) is 84.2 Å². The standard InChI is InChI=1S/C14H23N3O2/c1-8(16-13(15)19)12(18)17-14-5-9-2-10(6-14)4-11(3-9)7-14/h8-11H,2-7H2,1H3,(H,17,18)(H3,15,16,19). The van der Waals surface area contributed by atoms with E-state index in [-0.39, 0.29) is 11.4 Å². The number of amides is 3. The van der Waals surface area contributed by atoms with Gasteiger partial charge in [-0.05, 0) is 63.2 Å². The molecule has 1 unspecified atom stereocenters. The number of nitrogens with two attached hydrogens (primary N) is 1. The first-order valence-corrected chi connectivity index (χ1v) is 7.34. The van der Waals surface area contributed by atoms with Gasteiger partial charge in [-0.15, -0.1) is 0 Å². The minimum atomic E-state index is -0.645. The Morgan fingerprint density at radius 1 is 1.11 bits per heavy atom. The van der Waals surface area contributed by atoms with E-state index in [1.807, 2.05) is 0 Å². The third-order valence-electron chi connectivity index (χ3n) is 5.18. The molecule has 4 saturated carbocycles. The molecule has 4 aliphatic rings. The molecule has 106 valence electrons. The second-order valence-electron chi connectivity index (χ2n) is 6.92. The van der Waals surface area contributed by atoms with Crippen molar-refractivity contribution in [1.82, 2.24) is 10.6 Å². The highest BCUT2D eigenvalue weighted by Gasteiger charge is 2.51. The Bertz CT molecular complexity index is 372. The number of carbonyl (C=O) groups is 2. The van der Waals surface area contributed by atoms with Gasteiger partial charge in [0.15, 0.2) is 0 Å². The van der Waals surface area contributed by atoms with E-state index in [9.17, 15) is 9.59 Å². The summed E-state index contributed by atoms with van der Waals surface area (Å²) in [5, 5.41) is 5.67. The average Bonchev–Trinajstić information content (AvgIpc) is 2.24. The summed E-state index contributed by atoms with van der Waals surface area (Å²) in [5.74, 6) is 2.30. The lowest BCUT2D eigenvalue weighted by atomic mass is 9.53. The van der Waals surface area contributed by atoms with Gasteiger partial charge >= 0.3 is 6.03 Å². The van der Waals surface area contributed by atoms with Crippen LogP contribution in [0.2, 0.25) is 0 Å². The Balaban J connectivity index is 1.66. The number of carbonyl (C=O) groups excluding carboxylic acids is 2. The molecular formula is C14H23N3O2. The minimum absolute atomic E-state index is 0.000576. The molecule has 0 saturated heterocycles. The van der Waals surface area contributed by atoms with Gasteiger partial charge in [0, 0.05) is 5.54 Å². The van der Waals surface area contributed by atoms with Crippen LogP contribution in [0.5, 0.6) is 0 Å². The molecule has 0 aromatic heterocycles. The lowest BCUT2D eigenvalue weighted by molar-refractivity contribution is -0.128. The van der Waals surface area contributed by atoms with Gasteiger partial charge in [-0.25, -0.2) is 4.79 Å². The van der Waals surface area contributed by atoms with E-state index in [1.54, 1.807) is 6.92 Å². The lowest BCUT2D eigenvalue weighted by Gasteiger charge is -2.57. The quantitative estimate of drug-likeness (QED) is 0.714. The first-order valence-electron chi connectivity index (χ1n) is 7.34. The van der Waals surface area contributed by atoms with E-state index in [1.165, 1.54) is 19.3 Å². The maximum atomic E-state index is 12.2. The van der Waals surface area contributed by atoms with Crippen molar-refractivity contribution in [2.45, 2.75) is 57.0 Å². The van der Waals surface area contributed by atoms with E-state index in [4.69, 9.17) is 5.73 Å². The fraction of sp³-hybridized carbons (Fsp3) is 0.857. The molecule has 5 heteroatoms. The second kappa shape index (κ2) is 4.39. The number of rotatable bonds is 3. The summed E-state index contributed by atoms with van der Waals surface area (Å²) >= 11 is 0. The van der Waals surface area contributed by atoms with Crippen molar-refractivity contribution < 1.29 is 9.59 Å². The van der Waals surface area contributed by atoms with Gasteiger partial charge in [0.25, 0.3) is 0 Å². The number of nitrogens with one attached hydrogen (secondary N) is 2. The van der Waals surface area contributed by atoms with Gasteiger partial charge in [-0.1, -0.05) is 0 Å². The highest BCUT2D eigenvalue weighted by molar-refractivity contribution is 5.86. The lowest BCUT2D eigenvalue weighted by Crippen LogP contribution is -2.62. The molecule has 0 aliphatic heterocycles. The highest BCUT2D eigenvalue weighted by Crippen LogP contribution is 2.55. The molecule has 4 N–H and O–H groups in total. The van der Waals surface area contributed by atoms with Crippen molar-refractivity contribution in [2.24, 2.45) is 23.5 Å². The summed E-state index contributed by atoms with van der Waals surface area (Å²) in [6.07, 6.45) is 7.41. The zero-order valence-electron chi connectivity index (χ0n) is 11.4. The van der Waals surface area contributed by atoms with Gasteiger partial charge in [0.2, 0.25) is 5.91 Å². The van der Waals surface area contributed by atoms with Crippen LogP contribution in [-0.2, 0) is 4.79 Å². The SMILES string of the molecule is CC(NC(N)=O)C(=O)NC12CC3CC(CC(C3)C1)C2. The number of urea groups is 1. The molecule has 4 rings (SSSR count). The van der Waals surface area contributed by atoms with Crippen LogP contribution < -0.4 is 16.4 Å². The average molecular weight is 265 g/mol. The van der Waals surface area contributed by atoms with E-state index >= 15 is 0 Å². The molecule has 0 heterocycles. The normalized spacial score (nSPS) is 40.8. The zero-order chi connectivity index (χ0) is 13.6. The Labute approximate surface area is 113 Å². The van der Waals surface area contributed by atoms with Crippen LogP contribution in [0.3, 0.4) is 0 Å². The molecular weight excluding hydrogens is 242 g/mol. The van der Waals surface area contributed by atoms with Gasteiger partial charge in [0.1, 0.15) is 6.04 Å². The van der Waals surface area contributed by atoms with Crippen molar-refractivity contribution >= 4 is 11.9 Å². The molecule has 3 amide bonds. The second-order valence-corrected chi connectivity index (χ2v) is 6.92. The van der Waals surface area contributed by atoms with Crippen molar-refractivity contribution in [3.8, 4) is 0 Å². The predicted molar refractivity (Wildman–Crippen MR) is 71.2 cm³/mol. The molecule has 0 radical (unpaired) electrons. The molecule has 4 fully saturated rings. The van der Waals surface area contributed by atoms with Crippen LogP contribution in [0, 0.1) is 17.8 Å². The first kappa shape index (κ1) is 12.8. The van der Waals surface area contributed by atoms with Crippen molar-refractivity contribution in [2.75, 3.05) is 0 Å². The van der Waals surface area contributed by atoms with Gasteiger partial charge in [0.05, 0.1) is 0 Å². The Morgan fingerprint density at radius 3 is 2.00 bits per heavy atom. The molecule has 4 aliphatic carbocycles. The van der Waals surface area contributed by atoms with E-state index in [2.05, 4.69) is 10.6 Å². The summed E-state index contributed by atoms with van der Waals surface area (Å²) in [5.41, 5.74) is 5.06. The minimum Gasteiger partial charge on any atom is -0.352 e. The maximum Gasteiger partial charge on any atom is 0.312 e.